The van der Waals surface area contributed by atoms with Gasteiger partial charge in [-0.3, -0.25) is 0 Å². The van der Waals surface area contributed by atoms with E-state index in [1.807, 2.05) is 0 Å². The Morgan fingerprint density at radius 1 is 0.938 bits per heavy atom. The molecule has 16 heavy (non-hydrogen) atoms. The van der Waals surface area contributed by atoms with Gasteiger partial charge in [-0.2, -0.15) is 0 Å². The highest BCUT2D eigenvalue weighted by molar-refractivity contribution is 5.19. The van der Waals surface area contributed by atoms with Crippen molar-refractivity contribution >= 4 is 0 Å². The Labute approximate surface area is 98.3 Å². The van der Waals surface area contributed by atoms with E-state index in [0.29, 0.717) is 6.04 Å². The van der Waals surface area contributed by atoms with Gasteiger partial charge in [-0.15, -0.1) is 0 Å². The van der Waals surface area contributed by atoms with Gasteiger partial charge in [0.05, 0.1) is 0 Å². The number of nitrogens with one attached hydrogen (secondary N) is 1. The van der Waals surface area contributed by atoms with Crippen LogP contribution in [0, 0.1) is 11.8 Å². The molecule has 3 unspecified atom stereocenters. The zero-order valence-electron chi connectivity index (χ0n) is 9.86. The zero-order valence-corrected chi connectivity index (χ0v) is 9.86. The highest BCUT2D eigenvalue weighted by Crippen LogP contribution is 2.39. The normalized spacial score (nSPS) is 34.4. The minimum absolute atomic E-state index is 0.612. The molecule has 86 valence electrons. The summed E-state index contributed by atoms with van der Waals surface area (Å²) in [6.45, 7) is 1.24. The lowest BCUT2D eigenvalue weighted by Crippen LogP contribution is -2.40. The Hall–Kier alpha value is -0.820. The van der Waals surface area contributed by atoms with E-state index in [2.05, 4.69) is 35.6 Å². The predicted octanol–water partition coefficient (Wildman–Crippen LogP) is 3.53. The molecule has 1 N–H and O–H groups in total. The third kappa shape index (κ3) is 2.01. The van der Waals surface area contributed by atoms with E-state index in [9.17, 15) is 0 Å². The molecule has 2 fully saturated rings. The molecule has 0 amide bonds. The molecule has 1 aromatic carbocycles. The van der Waals surface area contributed by atoms with Crippen molar-refractivity contribution in [3.8, 4) is 0 Å². The first kappa shape index (κ1) is 10.3. The van der Waals surface area contributed by atoms with Crippen LogP contribution in [0.15, 0.2) is 30.3 Å². The first-order chi connectivity index (χ1) is 7.93. The Morgan fingerprint density at radius 3 is 2.50 bits per heavy atom. The molecule has 0 aromatic heterocycles. The van der Waals surface area contributed by atoms with Crippen LogP contribution in [-0.2, 0) is 0 Å². The maximum absolute atomic E-state index is 3.73. The summed E-state index contributed by atoms with van der Waals surface area (Å²) in [6.07, 6.45) is 7.20. The highest BCUT2D eigenvalue weighted by Gasteiger charge is 2.32. The lowest BCUT2D eigenvalue weighted by atomic mass is 9.73. The van der Waals surface area contributed by atoms with Gasteiger partial charge in [-0.05, 0) is 36.8 Å². The number of piperidine rings is 1. The maximum atomic E-state index is 3.73. The second-order valence-electron chi connectivity index (χ2n) is 5.41. The van der Waals surface area contributed by atoms with Crippen molar-refractivity contribution in [1.29, 1.82) is 0 Å². The van der Waals surface area contributed by atoms with E-state index < -0.39 is 0 Å². The molecule has 0 bridgehead atoms. The van der Waals surface area contributed by atoms with Gasteiger partial charge in [0.2, 0.25) is 0 Å². The Morgan fingerprint density at radius 2 is 1.69 bits per heavy atom. The van der Waals surface area contributed by atoms with Crippen molar-refractivity contribution in [2.75, 3.05) is 6.54 Å². The molecule has 1 aliphatic heterocycles. The topological polar surface area (TPSA) is 12.0 Å². The van der Waals surface area contributed by atoms with Gasteiger partial charge >= 0.3 is 0 Å². The van der Waals surface area contributed by atoms with Crippen LogP contribution < -0.4 is 5.32 Å². The van der Waals surface area contributed by atoms with Gasteiger partial charge in [-0.25, -0.2) is 0 Å². The molecule has 3 atom stereocenters. The molecular formula is C15H21N. The van der Waals surface area contributed by atoms with Crippen LogP contribution in [0.5, 0.6) is 0 Å². The summed E-state index contributed by atoms with van der Waals surface area (Å²) in [4.78, 5) is 0. The minimum Gasteiger partial charge on any atom is -0.310 e. The summed E-state index contributed by atoms with van der Waals surface area (Å²) in [7, 11) is 0. The lowest BCUT2D eigenvalue weighted by Gasteiger charge is -2.40. The van der Waals surface area contributed by atoms with E-state index in [1.165, 1.54) is 44.2 Å². The summed E-state index contributed by atoms with van der Waals surface area (Å²) >= 11 is 0. The molecule has 3 rings (SSSR count). The van der Waals surface area contributed by atoms with Gasteiger partial charge in [0.15, 0.2) is 0 Å². The van der Waals surface area contributed by atoms with E-state index in [-0.39, 0.29) is 0 Å². The minimum atomic E-state index is 0.612. The van der Waals surface area contributed by atoms with Crippen molar-refractivity contribution in [3.63, 3.8) is 0 Å². The van der Waals surface area contributed by atoms with Gasteiger partial charge in [0.25, 0.3) is 0 Å². The van der Waals surface area contributed by atoms with Crippen molar-refractivity contribution < 1.29 is 0 Å². The lowest BCUT2D eigenvalue weighted by molar-refractivity contribution is 0.154. The van der Waals surface area contributed by atoms with Crippen LogP contribution in [0.4, 0.5) is 0 Å². The molecule has 1 heteroatoms. The van der Waals surface area contributed by atoms with Crippen molar-refractivity contribution in [3.05, 3.63) is 35.9 Å². The molecule has 1 nitrogen and oxygen atoms in total. The fourth-order valence-electron chi connectivity index (χ4n) is 3.48. The zero-order chi connectivity index (χ0) is 10.8. The molecule has 2 aliphatic rings. The van der Waals surface area contributed by atoms with E-state index in [4.69, 9.17) is 0 Å². The fourth-order valence-corrected chi connectivity index (χ4v) is 3.48. The number of rotatable bonds is 1. The van der Waals surface area contributed by atoms with Crippen molar-refractivity contribution in [1.82, 2.24) is 5.32 Å². The molecule has 0 spiro atoms. The average Bonchev–Trinajstić information content (AvgIpc) is 2.39. The van der Waals surface area contributed by atoms with Crippen LogP contribution in [0.3, 0.4) is 0 Å². The van der Waals surface area contributed by atoms with Crippen LogP contribution in [0.2, 0.25) is 0 Å². The van der Waals surface area contributed by atoms with Crippen molar-refractivity contribution in [2.45, 2.75) is 38.1 Å². The maximum Gasteiger partial charge on any atom is 0.0323 e. The molecule has 1 saturated carbocycles. The summed E-state index contributed by atoms with van der Waals surface area (Å²) in [5.74, 6) is 1.95. The Bertz CT molecular complexity index is 333. The molecule has 1 aliphatic carbocycles. The smallest absolute Gasteiger partial charge is 0.0323 e. The summed E-state index contributed by atoms with van der Waals surface area (Å²) < 4.78 is 0. The number of fused-ring (bicyclic) bond motifs is 1. The van der Waals surface area contributed by atoms with E-state index >= 15 is 0 Å². The quantitative estimate of drug-likeness (QED) is 0.755. The van der Waals surface area contributed by atoms with Gasteiger partial charge < -0.3 is 5.32 Å². The fraction of sp³-hybridized carbons (Fsp3) is 0.600. The summed E-state index contributed by atoms with van der Waals surface area (Å²) in [5.41, 5.74) is 1.48. The molecule has 1 heterocycles. The highest BCUT2D eigenvalue weighted by atomic mass is 14.9. The largest absolute Gasteiger partial charge is 0.310 e. The average molecular weight is 215 g/mol. The van der Waals surface area contributed by atoms with Gasteiger partial charge in [0, 0.05) is 6.04 Å². The standard InChI is InChI=1S/C15H21N/c1-2-6-12(7-3-1)15-10-13-8-4-5-9-14(13)11-16-15/h1-3,6-7,13-16H,4-5,8-11H2. The Balaban J connectivity index is 1.71. The predicted molar refractivity (Wildman–Crippen MR) is 67.3 cm³/mol. The summed E-state index contributed by atoms with van der Waals surface area (Å²) in [6, 6.07) is 11.6. The second kappa shape index (κ2) is 4.58. The number of hydrogen-bond acceptors (Lipinski definition) is 1. The first-order valence-corrected chi connectivity index (χ1v) is 6.72. The first-order valence-electron chi connectivity index (χ1n) is 6.72. The molecule has 0 radical (unpaired) electrons. The van der Waals surface area contributed by atoms with Gasteiger partial charge in [0.1, 0.15) is 0 Å². The monoisotopic (exact) mass is 215 g/mol. The number of benzene rings is 1. The van der Waals surface area contributed by atoms with Crippen molar-refractivity contribution in [2.24, 2.45) is 11.8 Å². The van der Waals surface area contributed by atoms with E-state index in [0.717, 1.165) is 11.8 Å². The third-order valence-corrected chi connectivity index (χ3v) is 4.43. The SMILES string of the molecule is c1ccc(C2CC3CCCCC3CN2)cc1. The van der Waals surface area contributed by atoms with Crippen LogP contribution >= 0.6 is 0 Å². The van der Waals surface area contributed by atoms with Crippen LogP contribution in [0.1, 0.15) is 43.7 Å². The second-order valence-corrected chi connectivity index (χ2v) is 5.41. The molecule has 1 aromatic rings. The van der Waals surface area contributed by atoms with Crippen LogP contribution in [-0.4, -0.2) is 6.54 Å². The van der Waals surface area contributed by atoms with Crippen LogP contribution in [0.25, 0.3) is 0 Å². The third-order valence-electron chi connectivity index (χ3n) is 4.43. The van der Waals surface area contributed by atoms with E-state index in [1.54, 1.807) is 0 Å². The summed E-state index contributed by atoms with van der Waals surface area (Å²) in [5, 5.41) is 3.73. The van der Waals surface area contributed by atoms with Gasteiger partial charge in [-0.1, -0.05) is 49.6 Å². The number of hydrogen-bond donors (Lipinski definition) is 1. The Kier molecular flexibility index (Phi) is 2.96. The molecular weight excluding hydrogens is 194 g/mol. The molecule has 1 saturated heterocycles.